The number of benzene rings is 2. The van der Waals surface area contributed by atoms with Crippen LogP contribution < -0.4 is 9.47 Å². The van der Waals surface area contributed by atoms with E-state index in [-0.39, 0.29) is 6.61 Å². The van der Waals surface area contributed by atoms with E-state index in [0.717, 1.165) is 22.7 Å². The van der Waals surface area contributed by atoms with Gasteiger partial charge in [-0.25, -0.2) is 0 Å². The van der Waals surface area contributed by atoms with Gasteiger partial charge in [-0.3, -0.25) is 4.99 Å². The molecule has 0 saturated carbocycles. The van der Waals surface area contributed by atoms with E-state index >= 15 is 0 Å². The summed E-state index contributed by atoms with van der Waals surface area (Å²) < 4.78 is 10.7. The van der Waals surface area contributed by atoms with Crippen LogP contribution in [0.25, 0.3) is 0 Å². The van der Waals surface area contributed by atoms with Crippen LogP contribution in [0.5, 0.6) is 11.5 Å². The van der Waals surface area contributed by atoms with Crippen molar-refractivity contribution in [1.82, 2.24) is 0 Å². The lowest BCUT2D eigenvalue weighted by Gasteiger charge is -2.03. The van der Waals surface area contributed by atoms with E-state index in [4.69, 9.17) is 15.9 Å². The highest BCUT2D eigenvalue weighted by atomic mass is 16.5. The van der Waals surface area contributed by atoms with Gasteiger partial charge in [0.2, 0.25) is 0 Å². The average Bonchev–Trinajstić information content (AvgIpc) is 2.53. The molecule has 3 nitrogen and oxygen atoms in total. The van der Waals surface area contributed by atoms with Crippen molar-refractivity contribution in [3.05, 3.63) is 54.1 Å². The van der Waals surface area contributed by atoms with Gasteiger partial charge in [0.1, 0.15) is 18.1 Å². The van der Waals surface area contributed by atoms with Gasteiger partial charge in [0, 0.05) is 6.21 Å². The fourth-order valence-corrected chi connectivity index (χ4v) is 1.72. The Morgan fingerprint density at radius 3 is 2.24 bits per heavy atom. The maximum absolute atomic E-state index is 5.39. The second-order valence-electron chi connectivity index (χ2n) is 4.25. The molecule has 0 aliphatic heterocycles. The zero-order valence-electron chi connectivity index (χ0n) is 12.0. The lowest BCUT2D eigenvalue weighted by atomic mass is 10.2. The van der Waals surface area contributed by atoms with Crippen molar-refractivity contribution < 1.29 is 9.47 Å². The van der Waals surface area contributed by atoms with E-state index < -0.39 is 0 Å². The predicted molar refractivity (Wildman–Crippen MR) is 85.6 cm³/mol. The molecule has 0 N–H and O–H groups in total. The largest absolute Gasteiger partial charge is 0.494 e. The monoisotopic (exact) mass is 279 g/mol. The standard InChI is InChI=1S/C18H17NO2/c1-3-13-21-18-9-5-15(6-10-18)14-19-16-7-11-17(12-8-16)20-4-2/h1,5-12,14H,4,13H2,2H3. The van der Waals surface area contributed by atoms with Gasteiger partial charge in [-0.2, -0.15) is 0 Å². The second kappa shape index (κ2) is 7.76. The Labute approximate surface area is 125 Å². The normalized spacial score (nSPS) is 10.3. The molecule has 2 aromatic rings. The van der Waals surface area contributed by atoms with Gasteiger partial charge in [-0.1, -0.05) is 5.92 Å². The van der Waals surface area contributed by atoms with Gasteiger partial charge in [-0.15, -0.1) is 6.42 Å². The second-order valence-corrected chi connectivity index (χ2v) is 4.25. The van der Waals surface area contributed by atoms with E-state index in [0.29, 0.717) is 6.61 Å². The third-order valence-electron chi connectivity index (χ3n) is 2.71. The number of terminal acetylenes is 1. The van der Waals surface area contributed by atoms with Gasteiger partial charge in [-0.05, 0) is 61.0 Å². The Hall–Kier alpha value is -2.73. The van der Waals surface area contributed by atoms with Gasteiger partial charge >= 0.3 is 0 Å². The highest BCUT2D eigenvalue weighted by molar-refractivity contribution is 5.82. The third-order valence-corrected chi connectivity index (χ3v) is 2.71. The Balaban J connectivity index is 1.98. The lowest BCUT2D eigenvalue weighted by molar-refractivity contribution is 0.340. The molecule has 0 bridgehead atoms. The summed E-state index contributed by atoms with van der Waals surface area (Å²) in [7, 11) is 0. The van der Waals surface area contributed by atoms with Crippen LogP contribution in [-0.4, -0.2) is 19.4 Å². The molecule has 0 fully saturated rings. The molecule has 0 aromatic heterocycles. The molecule has 106 valence electrons. The van der Waals surface area contributed by atoms with Crippen molar-refractivity contribution in [1.29, 1.82) is 0 Å². The number of nitrogens with zero attached hydrogens (tertiary/aromatic N) is 1. The molecule has 0 radical (unpaired) electrons. The molecule has 0 amide bonds. The average molecular weight is 279 g/mol. The van der Waals surface area contributed by atoms with Crippen LogP contribution in [0.2, 0.25) is 0 Å². The third kappa shape index (κ3) is 4.70. The molecule has 0 unspecified atom stereocenters. The van der Waals surface area contributed by atoms with Crippen molar-refractivity contribution >= 4 is 11.9 Å². The van der Waals surface area contributed by atoms with E-state index in [1.54, 1.807) is 6.21 Å². The highest BCUT2D eigenvalue weighted by Crippen LogP contribution is 2.18. The molecular weight excluding hydrogens is 262 g/mol. The van der Waals surface area contributed by atoms with Gasteiger partial charge < -0.3 is 9.47 Å². The lowest BCUT2D eigenvalue weighted by Crippen LogP contribution is -1.93. The Morgan fingerprint density at radius 2 is 1.62 bits per heavy atom. The number of ether oxygens (including phenoxy) is 2. The summed E-state index contributed by atoms with van der Waals surface area (Å²) in [6, 6.07) is 15.3. The van der Waals surface area contributed by atoms with Crippen LogP contribution in [-0.2, 0) is 0 Å². The van der Waals surface area contributed by atoms with Crippen molar-refractivity contribution in [2.75, 3.05) is 13.2 Å². The van der Waals surface area contributed by atoms with Crippen LogP contribution in [0.4, 0.5) is 5.69 Å². The maximum atomic E-state index is 5.39. The highest BCUT2D eigenvalue weighted by Gasteiger charge is 1.94. The van der Waals surface area contributed by atoms with Crippen molar-refractivity contribution in [3.8, 4) is 23.8 Å². The summed E-state index contributed by atoms with van der Waals surface area (Å²) in [5, 5.41) is 0. The summed E-state index contributed by atoms with van der Waals surface area (Å²) in [6.45, 7) is 2.90. The molecule has 21 heavy (non-hydrogen) atoms. The fraction of sp³-hybridized carbons (Fsp3) is 0.167. The smallest absolute Gasteiger partial charge is 0.148 e. The van der Waals surface area contributed by atoms with Crippen LogP contribution in [0.3, 0.4) is 0 Å². The first-order valence-electron chi connectivity index (χ1n) is 6.75. The van der Waals surface area contributed by atoms with Crippen molar-refractivity contribution in [2.24, 2.45) is 4.99 Å². The summed E-state index contributed by atoms with van der Waals surface area (Å²) in [5.41, 5.74) is 1.88. The zero-order valence-corrected chi connectivity index (χ0v) is 12.0. The Morgan fingerprint density at radius 1 is 1.00 bits per heavy atom. The first kappa shape index (κ1) is 14.7. The maximum Gasteiger partial charge on any atom is 0.148 e. The Bertz CT molecular complexity index is 622. The van der Waals surface area contributed by atoms with E-state index in [1.165, 1.54) is 0 Å². The van der Waals surface area contributed by atoms with E-state index in [1.807, 2.05) is 55.5 Å². The minimum atomic E-state index is 0.277. The minimum absolute atomic E-state index is 0.277. The number of rotatable bonds is 6. The molecule has 0 spiro atoms. The molecule has 2 aromatic carbocycles. The molecule has 0 aliphatic rings. The number of hydrogen-bond acceptors (Lipinski definition) is 3. The molecule has 0 atom stereocenters. The SMILES string of the molecule is C#CCOc1ccc(C=Nc2ccc(OCC)cc2)cc1. The minimum Gasteiger partial charge on any atom is -0.494 e. The molecule has 2 rings (SSSR count). The van der Waals surface area contributed by atoms with E-state index in [2.05, 4.69) is 10.9 Å². The van der Waals surface area contributed by atoms with Crippen molar-refractivity contribution in [3.63, 3.8) is 0 Å². The quantitative estimate of drug-likeness (QED) is 0.594. The zero-order chi connectivity index (χ0) is 14.9. The summed E-state index contributed by atoms with van der Waals surface area (Å²) in [5.74, 6) is 4.04. The first-order chi connectivity index (χ1) is 10.3. The topological polar surface area (TPSA) is 30.8 Å². The Kier molecular flexibility index (Phi) is 5.42. The predicted octanol–water partition coefficient (Wildman–Crippen LogP) is 3.85. The first-order valence-corrected chi connectivity index (χ1v) is 6.75. The number of aliphatic imine (C=N–C) groups is 1. The molecular formula is C18H17NO2. The summed E-state index contributed by atoms with van der Waals surface area (Å²) in [4.78, 5) is 4.42. The van der Waals surface area contributed by atoms with Crippen molar-refractivity contribution in [2.45, 2.75) is 6.92 Å². The van der Waals surface area contributed by atoms with E-state index in [9.17, 15) is 0 Å². The van der Waals surface area contributed by atoms with Gasteiger partial charge in [0.05, 0.1) is 12.3 Å². The van der Waals surface area contributed by atoms with Crippen LogP contribution >= 0.6 is 0 Å². The van der Waals surface area contributed by atoms with Gasteiger partial charge in [0.15, 0.2) is 0 Å². The molecule has 0 saturated heterocycles. The molecule has 3 heteroatoms. The summed E-state index contributed by atoms with van der Waals surface area (Å²) in [6.07, 6.45) is 6.95. The van der Waals surface area contributed by atoms with Crippen LogP contribution in [0.1, 0.15) is 12.5 Å². The van der Waals surface area contributed by atoms with Gasteiger partial charge in [0.25, 0.3) is 0 Å². The number of hydrogen-bond donors (Lipinski definition) is 0. The van der Waals surface area contributed by atoms with Crippen LogP contribution in [0, 0.1) is 12.3 Å². The molecule has 0 aliphatic carbocycles. The summed E-state index contributed by atoms with van der Waals surface area (Å²) >= 11 is 0. The van der Waals surface area contributed by atoms with Crippen LogP contribution in [0.15, 0.2) is 53.5 Å². The molecule has 0 heterocycles. The fourth-order valence-electron chi connectivity index (χ4n) is 1.72.